The highest BCUT2D eigenvalue weighted by Crippen LogP contribution is 2.23. The molecule has 0 fully saturated rings. The average molecular weight is 251 g/mol. The highest BCUT2D eigenvalue weighted by Gasteiger charge is 2.18. The van der Waals surface area contributed by atoms with Crippen molar-refractivity contribution >= 4 is 5.69 Å². The zero-order valence-electron chi connectivity index (χ0n) is 11.5. The minimum Gasteiger partial charge on any atom is -0.311 e. The maximum Gasteiger partial charge on any atom is 0.278 e. The van der Waals surface area contributed by atoms with E-state index in [2.05, 4.69) is 24.1 Å². The van der Waals surface area contributed by atoms with Crippen molar-refractivity contribution < 1.29 is 4.92 Å². The summed E-state index contributed by atoms with van der Waals surface area (Å²) in [5, 5.41) is 14.2. The van der Waals surface area contributed by atoms with E-state index in [1.165, 1.54) is 0 Å². The summed E-state index contributed by atoms with van der Waals surface area (Å²) >= 11 is 0. The molecule has 1 aromatic heterocycles. The summed E-state index contributed by atoms with van der Waals surface area (Å²) in [5.74, 6) is 0.652. The maximum atomic E-state index is 11.0. The summed E-state index contributed by atoms with van der Waals surface area (Å²) in [5.41, 5.74) is 2.22. The summed E-state index contributed by atoms with van der Waals surface area (Å²) in [7, 11) is 0. The van der Waals surface area contributed by atoms with Crippen molar-refractivity contribution in [2.24, 2.45) is 5.92 Å². The molecular weight excluding hydrogens is 230 g/mol. The summed E-state index contributed by atoms with van der Waals surface area (Å²) < 4.78 is 0. The van der Waals surface area contributed by atoms with Crippen LogP contribution in [0.3, 0.4) is 0 Å². The van der Waals surface area contributed by atoms with Gasteiger partial charge in [-0.1, -0.05) is 13.8 Å². The van der Waals surface area contributed by atoms with Crippen LogP contribution in [0.25, 0.3) is 0 Å². The molecule has 1 heterocycles. The van der Waals surface area contributed by atoms with E-state index >= 15 is 0 Å². The number of pyridine rings is 1. The predicted molar refractivity (Wildman–Crippen MR) is 71.5 cm³/mol. The molecule has 5 heteroatoms. The Morgan fingerprint density at radius 3 is 2.67 bits per heavy atom. The van der Waals surface area contributed by atoms with Gasteiger partial charge in [-0.05, 0) is 32.7 Å². The lowest BCUT2D eigenvalue weighted by atomic mass is 10.1. The second-order valence-corrected chi connectivity index (χ2v) is 4.98. The molecule has 1 rings (SSSR count). The van der Waals surface area contributed by atoms with E-state index in [1.54, 1.807) is 20.0 Å². The Morgan fingerprint density at radius 1 is 1.44 bits per heavy atom. The van der Waals surface area contributed by atoms with Crippen molar-refractivity contribution in [1.29, 1.82) is 0 Å². The van der Waals surface area contributed by atoms with Gasteiger partial charge in [0.1, 0.15) is 0 Å². The first-order valence-electron chi connectivity index (χ1n) is 6.23. The Hall–Kier alpha value is -1.49. The molecule has 0 saturated heterocycles. The average Bonchev–Trinajstić information content (AvgIpc) is 2.26. The van der Waals surface area contributed by atoms with Gasteiger partial charge in [-0.2, -0.15) is 0 Å². The van der Waals surface area contributed by atoms with E-state index < -0.39 is 0 Å². The number of aryl methyl sites for hydroxylation is 1. The van der Waals surface area contributed by atoms with Crippen molar-refractivity contribution in [3.63, 3.8) is 0 Å². The van der Waals surface area contributed by atoms with Crippen LogP contribution in [0.5, 0.6) is 0 Å². The first-order chi connectivity index (χ1) is 8.43. The second-order valence-electron chi connectivity index (χ2n) is 4.98. The number of aromatic nitrogens is 1. The van der Waals surface area contributed by atoms with Crippen molar-refractivity contribution in [1.82, 2.24) is 10.3 Å². The van der Waals surface area contributed by atoms with E-state index in [1.807, 2.05) is 0 Å². The Labute approximate surface area is 108 Å². The van der Waals surface area contributed by atoms with Gasteiger partial charge in [-0.3, -0.25) is 15.1 Å². The van der Waals surface area contributed by atoms with Crippen LogP contribution in [0, 0.1) is 29.9 Å². The summed E-state index contributed by atoms with van der Waals surface area (Å²) in [6, 6.07) is 0. The van der Waals surface area contributed by atoms with Crippen molar-refractivity contribution in [3.05, 3.63) is 33.1 Å². The molecule has 0 aliphatic heterocycles. The maximum absolute atomic E-state index is 11.0. The Balaban J connectivity index is 2.73. The third-order valence-corrected chi connectivity index (χ3v) is 2.95. The van der Waals surface area contributed by atoms with Crippen LogP contribution in [0.1, 0.15) is 37.1 Å². The first-order valence-corrected chi connectivity index (χ1v) is 6.23. The number of nitrogens with one attached hydrogen (secondary N) is 1. The van der Waals surface area contributed by atoms with E-state index in [0.717, 1.165) is 18.7 Å². The van der Waals surface area contributed by atoms with Crippen LogP contribution in [0.15, 0.2) is 6.20 Å². The molecule has 0 atom stereocenters. The number of rotatable bonds is 6. The van der Waals surface area contributed by atoms with Crippen LogP contribution in [0.4, 0.5) is 5.69 Å². The number of hydrogen-bond acceptors (Lipinski definition) is 4. The molecule has 0 unspecified atom stereocenters. The number of hydrogen-bond donors (Lipinski definition) is 1. The van der Waals surface area contributed by atoms with E-state index in [4.69, 9.17) is 0 Å². The van der Waals surface area contributed by atoms with Gasteiger partial charge in [0, 0.05) is 23.9 Å². The van der Waals surface area contributed by atoms with E-state index in [9.17, 15) is 10.1 Å². The molecule has 5 nitrogen and oxygen atoms in total. The SMILES string of the molecule is Cc1cnc(CNCCC(C)C)c(C)c1[N+](=O)[O-]. The Bertz CT molecular complexity index is 430. The summed E-state index contributed by atoms with van der Waals surface area (Å²) in [4.78, 5) is 14.9. The number of nitrogens with zero attached hydrogens (tertiary/aromatic N) is 2. The lowest BCUT2D eigenvalue weighted by Crippen LogP contribution is -2.18. The predicted octanol–water partition coefficient (Wildman–Crippen LogP) is 2.74. The molecule has 18 heavy (non-hydrogen) atoms. The van der Waals surface area contributed by atoms with E-state index in [0.29, 0.717) is 23.6 Å². The van der Waals surface area contributed by atoms with Crippen LogP contribution in [-0.2, 0) is 6.54 Å². The van der Waals surface area contributed by atoms with Crippen LogP contribution < -0.4 is 5.32 Å². The van der Waals surface area contributed by atoms with Crippen LogP contribution >= 0.6 is 0 Å². The van der Waals surface area contributed by atoms with Gasteiger partial charge in [-0.15, -0.1) is 0 Å². The smallest absolute Gasteiger partial charge is 0.278 e. The monoisotopic (exact) mass is 251 g/mol. The molecule has 0 radical (unpaired) electrons. The fraction of sp³-hybridized carbons (Fsp3) is 0.615. The Kier molecular flexibility index (Phi) is 5.22. The van der Waals surface area contributed by atoms with Gasteiger partial charge in [0.05, 0.1) is 10.6 Å². The fourth-order valence-electron chi connectivity index (χ4n) is 1.82. The minimum absolute atomic E-state index is 0.186. The topological polar surface area (TPSA) is 68.1 Å². The van der Waals surface area contributed by atoms with Crippen LogP contribution in [0.2, 0.25) is 0 Å². The molecular formula is C13H21N3O2. The molecule has 0 saturated carbocycles. The van der Waals surface area contributed by atoms with Gasteiger partial charge in [0.25, 0.3) is 5.69 Å². The molecule has 0 amide bonds. The summed E-state index contributed by atoms with van der Waals surface area (Å²) in [6.45, 7) is 9.30. The third kappa shape index (κ3) is 3.77. The fourth-order valence-corrected chi connectivity index (χ4v) is 1.82. The molecule has 0 aliphatic carbocycles. The zero-order chi connectivity index (χ0) is 13.7. The molecule has 0 spiro atoms. The summed E-state index contributed by atoms with van der Waals surface area (Å²) in [6.07, 6.45) is 2.66. The molecule has 1 aromatic rings. The van der Waals surface area contributed by atoms with Crippen molar-refractivity contribution in [2.45, 2.75) is 40.7 Å². The molecule has 0 aromatic carbocycles. The van der Waals surface area contributed by atoms with Gasteiger partial charge in [0.15, 0.2) is 0 Å². The zero-order valence-corrected chi connectivity index (χ0v) is 11.5. The van der Waals surface area contributed by atoms with Gasteiger partial charge in [0.2, 0.25) is 0 Å². The lowest BCUT2D eigenvalue weighted by molar-refractivity contribution is -0.386. The highest BCUT2D eigenvalue weighted by atomic mass is 16.6. The lowest BCUT2D eigenvalue weighted by Gasteiger charge is -2.09. The highest BCUT2D eigenvalue weighted by molar-refractivity contribution is 5.47. The molecule has 0 aliphatic rings. The first kappa shape index (κ1) is 14.6. The third-order valence-electron chi connectivity index (χ3n) is 2.95. The normalized spacial score (nSPS) is 10.9. The van der Waals surface area contributed by atoms with Crippen molar-refractivity contribution in [2.75, 3.05) is 6.54 Å². The van der Waals surface area contributed by atoms with Gasteiger partial charge >= 0.3 is 0 Å². The quantitative estimate of drug-likeness (QED) is 0.479. The van der Waals surface area contributed by atoms with Gasteiger partial charge in [-0.25, -0.2) is 0 Å². The molecule has 1 N–H and O–H groups in total. The Morgan fingerprint density at radius 2 is 2.11 bits per heavy atom. The second kappa shape index (κ2) is 6.44. The largest absolute Gasteiger partial charge is 0.311 e. The standard InChI is InChI=1S/C13H21N3O2/c1-9(2)5-6-14-8-12-11(4)13(16(17)18)10(3)7-15-12/h7,9,14H,5-6,8H2,1-4H3. The van der Waals surface area contributed by atoms with E-state index in [-0.39, 0.29) is 10.6 Å². The number of nitro groups is 1. The molecule has 0 bridgehead atoms. The van der Waals surface area contributed by atoms with Gasteiger partial charge < -0.3 is 5.32 Å². The van der Waals surface area contributed by atoms with Crippen molar-refractivity contribution in [3.8, 4) is 0 Å². The molecule has 100 valence electrons. The van der Waals surface area contributed by atoms with Crippen LogP contribution in [-0.4, -0.2) is 16.5 Å². The minimum atomic E-state index is -0.329.